The van der Waals surface area contributed by atoms with Crippen molar-refractivity contribution in [1.82, 2.24) is 0 Å². The predicted molar refractivity (Wildman–Crippen MR) is 72.4 cm³/mol. The minimum Gasteiger partial charge on any atom is -0.478 e. The molecule has 0 aliphatic heterocycles. The lowest BCUT2D eigenvalue weighted by atomic mass is 10.1. The van der Waals surface area contributed by atoms with Gasteiger partial charge in [-0.25, -0.2) is 13.6 Å². The zero-order valence-corrected chi connectivity index (χ0v) is 11.0. The van der Waals surface area contributed by atoms with Gasteiger partial charge < -0.3 is 10.4 Å². The Morgan fingerprint density at radius 3 is 2.48 bits per heavy atom. The molecule has 2 rings (SSSR count). The van der Waals surface area contributed by atoms with Crippen molar-refractivity contribution in [3.63, 3.8) is 0 Å². The van der Waals surface area contributed by atoms with E-state index in [0.29, 0.717) is 5.56 Å². The molecule has 0 spiro atoms. The van der Waals surface area contributed by atoms with Crippen LogP contribution in [0.5, 0.6) is 0 Å². The van der Waals surface area contributed by atoms with Crippen LogP contribution in [-0.2, 0) is 0 Å². The van der Waals surface area contributed by atoms with Crippen molar-refractivity contribution in [2.75, 3.05) is 5.32 Å². The van der Waals surface area contributed by atoms with E-state index >= 15 is 0 Å². The Morgan fingerprint density at radius 1 is 1.14 bits per heavy atom. The number of halogens is 2. The average Bonchev–Trinajstić information content (AvgIpc) is 2.39. The number of nitrogens with one attached hydrogen (secondary N) is 1. The minimum absolute atomic E-state index is 0.0212. The molecule has 0 bridgehead atoms. The molecule has 0 saturated heterocycles. The molecule has 2 N–H and O–H groups in total. The summed E-state index contributed by atoms with van der Waals surface area (Å²) in [6.07, 6.45) is 0. The summed E-state index contributed by atoms with van der Waals surface area (Å²) in [6, 6.07) is 7.06. The van der Waals surface area contributed by atoms with Gasteiger partial charge in [-0.1, -0.05) is 6.07 Å². The molecule has 2 aromatic rings. The molecule has 0 atom stereocenters. The van der Waals surface area contributed by atoms with Gasteiger partial charge in [-0.15, -0.1) is 0 Å². The summed E-state index contributed by atoms with van der Waals surface area (Å²) in [4.78, 5) is 23.0. The second-order valence-electron chi connectivity index (χ2n) is 4.44. The quantitative estimate of drug-likeness (QED) is 0.912. The van der Waals surface area contributed by atoms with Gasteiger partial charge in [-0.05, 0) is 42.8 Å². The third kappa shape index (κ3) is 3.22. The van der Waals surface area contributed by atoms with Gasteiger partial charge in [0.2, 0.25) is 0 Å². The Bertz CT molecular complexity index is 709. The number of carboxylic acids is 1. The van der Waals surface area contributed by atoms with Crippen LogP contribution < -0.4 is 5.32 Å². The second kappa shape index (κ2) is 5.70. The van der Waals surface area contributed by atoms with Crippen LogP contribution in [0.25, 0.3) is 0 Å². The van der Waals surface area contributed by atoms with Crippen molar-refractivity contribution in [2.45, 2.75) is 6.92 Å². The van der Waals surface area contributed by atoms with Gasteiger partial charge in [0.25, 0.3) is 5.91 Å². The van der Waals surface area contributed by atoms with E-state index in [0.717, 1.165) is 18.2 Å². The normalized spacial score (nSPS) is 10.2. The summed E-state index contributed by atoms with van der Waals surface area (Å²) >= 11 is 0. The number of rotatable bonds is 3. The van der Waals surface area contributed by atoms with Crippen molar-refractivity contribution in [1.29, 1.82) is 0 Å². The molecule has 108 valence electrons. The number of hydrogen-bond acceptors (Lipinski definition) is 2. The number of para-hydroxylation sites is 1. The summed E-state index contributed by atoms with van der Waals surface area (Å²) in [5.41, 5.74) is -0.326. The zero-order chi connectivity index (χ0) is 15.6. The maximum atomic E-state index is 13.7. The van der Waals surface area contributed by atoms with Crippen LogP contribution in [0.2, 0.25) is 0 Å². The van der Waals surface area contributed by atoms with E-state index in [4.69, 9.17) is 5.11 Å². The van der Waals surface area contributed by atoms with Crippen LogP contribution in [0, 0.1) is 18.6 Å². The first kappa shape index (κ1) is 14.6. The fraction of sp³-hybridized carbons (Fsp3) is 0.0667. The second-order valence-corrected chi connectivity index (χ2v) is 4.44. The van der Waals surface area contributed by atoms with Crippen molar-refractivity contribution < 1.29 is 23.5 Å². The van der Waals surface area contributed by atoms with Crippen molar-refractivity contribution in [3.05, 3.63) is 64.7 Å². The Kier molecular flexibility index (Phi) is 3.98. The lowest BCUT2D eigenvalue weighted by Gasteiger charge is -2.10. The van der Waals surface area contributed by atoms with E-state index in [1.165, 1.54) is 18.2 Å². The fourth-order valence-electron chi connectivity index (χ4n) is 1.88. The number of carbonyl (C=O) groups is 2. The molecule has 0 heterocycles. The standard InChI is InChI=1S/C15H11F2NO3/c1-8-5-9(7-10(16)6-8)14(19)18-13-11(15(20)21)3-2-4-12(13)17/h2-7H,1H3,(H,18,19)(H,20,21). The van der Waals surface area contributed by atoms with Gasteiger partial charge in [0.15, 0.2) is 0 Å². The maximum Gasteiger partial charge on any atom is 0.337 e. The van der Waals surface area contributed by atoms with Crippen molar-refractivity contribution >= 4 is 17.6 Å². The molecule has 0 fully saturated rings. The highest BCUT2D eigenvalue weighted by Gasteiger charge is 2.17. The van der Waals surface area contributed by atoms with E-state index < -0.39 is 29.2 Å². The van der Waals surface area contributed by atoms with E-state index in [1.54, 1.807) is 6.92 Å². The van der Waals surface area contributed by atoms with Gasteiger partial charge >= 0.3 is 5.97 Å². The molecule has 0 aliphatic rings. The summed E-state index contributed by atoms with van der Waals surface area (Å²) in [7, 11) is 0. The van der Waals surface area contributed by atoms with Crippen LogP contribution in [0.3, 0.4) is 0 Å². The van der Waals surface area contributed by atoms with E-state index in [1.807, 2.05) is 0 Å². The smallest absolute Gasteiger partial charge is 0.337 e. The Balaban J connectivity index is 2.38. The molecule has 0 unspecified atom stereocenters. The van der Waals surface area contributed by atoms with Crippen LogP contribution >= 0.6 is 0 Å². The summed E-state index contributed by atoms with van der Waals surface area (Å²) in [5, 5.41) is 11.2. The zero-order valence-electron chi connectivity index (χ0n) is 11.0. The van der Waals surface area contributed by atoms with Crippen LogP contribution in [-0.4, -0.2) is 17.0 Å². The highest BCUT2D eigenvalue weighted by Crippen LogP contribution is 2.21. The molecule has 6 heteroatoms. The SMILES string of the molecule is Cc1cc(F)cc(C(=O)Nc2c(F)cccc2C(=O)O)c1. The van der Waals surface area contributed by atoms with E-state index in [2.05, 4.69) is 5.32 Å². The molecular weight excluding hydrogens is 280 g/mol. The van der Waals surface area contributed by atoms with Gasteiger partial charge in [0, 0.05) is 5.56 Å². The van der Waals surface area contributed by atoms with E-state index in [9.17, 15) is 18.4 Å². The maximum absolute atomic E-state index is 13.7. The molecule has 2 aromatic carbocycles. The monoisotopic (exact) mass is 291 g/mol. The lowest BCUT2D eigenvalue weighted by molar-refractivity contribution is 0.0697. The average molecular weight is 291 g/mol. The number of amides is 1. The number of hydrogen-bond donors (Lipinski definition) is 2. The third-order valence-electron chi connectivity index (χ3n) is 2.79. The summed E-state index contributed by atoms with van der Waals surface area (Å²) in [6.45, 7) is 1.60. The number of benzene rings is 2. The number of aryl methyl sites for hydroxylation is 1. The molecule has 0 aliphatic carbocycles. The van der Waals surface area contributed by atoms with Gasteiger partial charge in [-0.3, -0.25) is 4.79 Å². The van der Waals surface area contributed by atoms with Crippen molar-refractivity contribution in [3.8, 4) is 0 Å². The largest absolute Gasteiger partial charge is 0.478 e. The Hall–Kier alpha value is -2.76. The first-order valence-electron chi connectivity index (χ1n) is 5.99. The van der Waals surface area contributed by atoms with Crippen LogP contribution in [0.1, 0.15) is 26.3 Å². The highest BCUT2D eigenvalue weighted by molar-refractivity contribution is 6.07. The first-order valence-corrected chi connectivity index (χ1v) is 5.99. The molecule has 4 nitrogen and oxygen atoms in total. The molecular formula is C15H11F2NO3. The number of aromatic carboxylic acids is 1. The Morgan fingerprint density at radius 2 is 1.86 bits per heavy atom. The summed E-state index contributed by atoms with van der Waals surface area (Å²) < 4.78 is 27.0. The molecule has 21 heavy (non-hydrogen) atoms. The molecule has 0 saturated carbocycles. The van der Waals surface area contributed by atoms with Gasteiger partial charge in [0.1, 0.15) is 11.6 Å². The number of carbonyl (C=O) groups excluding carboxylic acids is 1. The van der Waals surface area contributed by atoms with E-state index in [-0.39, 0.29) is 11.1 Å². The Labute approximate surface area is 119 Å². The number of carboxylic acid groups (broad SMARTS) is 1. The van der Waals surface area contributed by atoms with Gasteiger partial charge in [-0.2, -0.15) is 0 Å². The lowest BCUT2D eigenvalue weighted by Crippen LogP contribution is -2.16. The number of anilines is 1. The van der Waals surface area contributed by atoms with Crippen molar-refractivity contribution in [2.24, 2.45) is 0 Å². The third-order valence-corrected chi connectivity index (χ3v) is 2.79. The van der Waals surface area contributed by atoms with Gasteiger partial charge in [0.05, 0.1) is 11.3 Å². The highest BCUT2D eigenvalue weighted by atomic mass is 19.1. The molecule has 0 radical (unpaired) electrons. The first-order chi connectivity index (χ1) is 9.88. The topological polar surface area (TPSA) is 66.4 Å². The van der Waals surface area contributed by atoms with Crippen LogP contribution in [0.4, 0.5) is 14.5 Å². The molecule has 1 amide bonds. The van der Waals surface area contributed by atoms with Crippen LogP contribution in [0.15, 0.2) is 36.4 Å². The fourth-order valence-corrected chi connectivity index (χ4v) is 1.88. The summed E-state index contributed by atoms with van der Waals surface area (Å²) in [5.74, 6) is -3.64. The predicted octanol–water partition coefficient (Wildman–Crippen LogP) is 3.22. The minimum atomic E-state index is -1.37. The molecule has 0 aromatic heterocycles.